The van der Waals surface area contributed by atoms with Gasteiger partial charge >= 0.3 is 5.97 Å². The molecule has 0 aromatic rings. The molecule has 5 N–H and O–H groups in total. The van der Waals surface area contributed by atoms with Crippen molar-refractivity contribution in [3.05, 3.63) is 12.2 Å². The number of hydrogen-bond acceptors (Lipinski definition) is 13. The molecule has 1 fully saturated rings. The summed E-state index contributed by atoms with van der Waals surface area (Å²) in [5.74, 6) is -9.18. The van der Waals surface area contributed by atoms with Crippen molar-refractivity contribution in [3.8, 4) is 0 Å². The second kappa shape index (κ2) is 35.5. The molecule has 23 heteroatoms. The van der Waals surface area contributed by atoms with Crippen LogP contribution in [0.25, 0.3) is 0 Å². The predicted octanol–water partition coefficient (Wildman–Crippen LogP) is 3.58. The van der Waals surface area contributed by atoms with E-state index in [4.69, 9.17) is 4.74 Å². The van der Waals surface area contributed by atoms with Gasteiger partial charge in [-0.25, -0.2) is 4.79 Å². The number of likely N-dealkylation sites (N-methyl/N-ethyl adjacent to an activating group) is 7. The zero-order valence-electron chi connectivity index (χ0n) is 56.1. The fourth-order valence-corrected chi connectivity index (χ4v) is 10.6. The topological polar surface area (TPSA) is 277 Å². The molecule has 0 spiro atoms. The molecule has 486 valence electrons. The van der Waals surface area contributed by atoms with E-state index in [9.17, 15) is 47.9 Å². The first-order chi connectivity index (χ1) is 39.3. The first-order valence-electron chi connectivity index (χ1n) is 30.6. The van der Waals surface area contributed by atoms with Crippen molar-refractivity contribution >= 4 is 65.0 Å². The molecule has 0 aliphatic carbocycles. The molecule has 1 aliphatic heterocycles. The van der Waals surface area contributed by atoms with E-state index in [0.717, 1.165) is 4.90 Å². The van der Waals surface area contributed by atoms with Gasteiger partial charge in [-0.1, -0.05) is 109 Å². The third-order valence-corrected chi connectivity index (χ3v) is 15.9. The minimum Gasteiger partial charge on any atom is -0.458 e. The fraction of sp³-hybridized carbons (Fsp3) is 0.790. The zero-order valence-corrected chi connectivity index (χ0v) is 56.1. The van der Waals surface area contributed by atoms with E-state index in [-0.39, 0.29) is 55.8 Å². The van der Waals surface area contributed by atoms with E-state index in [1.54, 1.807) is 34.6 Å². The number of ether oxygens (including phenoxy) is 1. The van der Waals surface area contributed by atoms with Crippen molar-refractivity contribution in [1.29, 1.82) is 0 Å². The van der Waals surface area contributed by atoms with Crippen LogP contribution < -0.4 is 26.6 Å². The lowest BCUT2D eigenvalue weighted by Gasteiger charge is -2.40. The van der Waals surface area contributed by atoms with Gasteiger partial charge in [0.1, 0.15) is 66.5 Å². The second-order valence-corrected chi connectivity index (χ2v) is 25.9. The van der Waals surface area contributed by atoms with Gasteiger partial charge in [0.05, 0.1) is 6.54 Å². The number of nitrogens with one attached hydrogen (secondary N) is 5. The quantitative estimate of drug-likeness (QED) is 0.116. The summed E-state index contributed by atoms with van der Waals surface area (Å²) in [5.41, 5.74) is 0. The van der Waals surface area contributed by atoms with Crippen molar-refractivity contribution in [2.75, 3.05) is 55.9 Å². The number of amides is 10. The molecule has 12 unspecified atom stereocenters. The molecule has 0 radical (unpaired) electrons. The lowest BCUT2D eigenvalue weighted by molar-refractivity contribution is -0.167. The normalized spacial score (nSPS) is 27.4. The summed E-state index contributed by atoms with van der Waals surface area (Å²) in [5, 5.41) is 14.1. The average Bonchev–Trinajstić information content (AvgIpc) is 3.63. The number of nitrogens with zero attached hydrogens (tertiary/aromatic N) is 6. The smallest absolute Gasteiger partial charge is 0.329 e. The Labute approximate surface area is 509 Å². The molecular formula is C62H111N11O12. The molecule has 10 amide bonds. The highest BCUT2D eigenvalue weighted by Gasteiger charge is 2.44. The summed E-state index contributed by atoms with van der Waals surface area (Å²) in [7, 11) is 10.2. The van der Waals surface area contributed by atoms with Crippen LogP contribution in [0.2, 0.25) is 0 Å². The minimum atomic E-state index is -1.23. The third kappa shape index (κ3) is 22.3. The molecule has 0 saturated carbocycles. The Hall–Kier alpha value is -6.13. The van der Waals surface area contributed by atoms with Crippen LogP contribution in [0.4, 0.5) is 0 Å². The summed E-state index contributed by atoms with van der Waals surface area (Å²) >= 11 is 0. The van der Waals surface area contributed by atoms with Gasteiger partial charge < -0.3 is 60.7 Å². The molecule has 85 heavy (non-hydrogen) atoms. The van der Waals surface area contributed by atoms with Gasteiger partial charge in [0, 0.05) is 42.3 Å². The van der Waals surface area contributed by atoms with Gasteiger partial charge in [-0.15, -0.1) is 0 Å². The molecule has 1 aliphatic rings. The summed E-state index contributed by atoms with van der Waals surface area (Å²) in [6.07, 6.45) is 3.69. The summed E-state index contributed by atoms with van der Waals surface area (Å²) in [6, 6.07) is -11.7. The van der Waals surface area contributed by atoms with Crippen molar-refractivity contribution in [1.82, 2.24) is 56.0 Å². The van der Waals surface area contributed by atoms with Gasteiger partial charge in [-0.3, -0.25) is 47.9 Å². The van der Waals surface area contributed by atoms with Gasteiger partial charge in [0.25, 0.3) is 0 Å². The van der Waals surface area contributed by atoms with Crippen molar-refractivity contribution in [2.24, 2.45) is 41.4 Å². The third-order valence-electron chi connectivity index (χ3n) is 15.9. The molecule has 1 rings (SSSR count). The molecule has 1 saturated heterocycles. The van der Waals surface area contributed by atoms with Crippen LogP contribution in [0.1, 0.15) is 156 Å². The second-order valence-electron chi connectivity index (χ2n) is 25.9. The summed E-state index contributed by atoms with van der Waals surface area (Å²) < 4.78 is 6.35. The molecule has 12 atom stereocenters. The molecule has 23 nitrogen and oxygen atoms in total. The average molecular weight is 1200 g/mol. The number of allylic oxidation sites excluding steroid dienone is 2. The Kier molecular flexibility index (Phi) is 32.1. The van der Waals surface area contributed by atoms with E-state index in [2.05, 4.69) is 26.6 Å². The number of rotatable bonds is 15. The largest absolute Gasteiger partial charge is 0.458 e. The number of carbonyl (C=O) groups excluding carboxylic acids is 11. The van der Waals surface area contributed by atoms with Crippen LogP contribution in [-0.2, 0) is 57.5 Å². The van der Waals surface area contributed by atoms with Crippen LogP contribution in [0, 0.1) is 41.4 Å². The molecule has 0 bridgehead atoms. The van der Waals surface area contributed by atoms with Crippen LogP contribution in [-0.4, -0.2) is 217 Å². The standard InChI is InChI=1S/C62H111N11O12/c1-25-27-28-40(15)52-50(63-18)56(78)66-43(26-2)58(80)68(19)33-48(74)69(20)44(29-34(3)4)55(77)67-49(38(11)12)61(83)70(21)45(30-35(5)6)54(76)64-41(16)53(75)65-42(17)57(79)71(22)46(31-36(7)8)59(81)72(23)47(32-37(9)10)60(82)73(24)51(39(13)14)62(84)85-52/h25,27,34-47,49-52,63H,26,28-33H2,1-24H3,(H,64,76)(H,65,75)(H,66,78)(H,67,77)/b27-25+. The van der Waals surface area contributed by atoms with E-state index in [0.29, 0.717) is 6.42 Å². The van der Waals surface area contributed by atoms with E-state index < -0.39 is 156 Å². The Bertz CT molecular complexity index is 2310. The highest BCUT2D eigenvalue weighted by molar-refractivity contribution is 5.98. The van der Waals surface area contributed by atoms with E-state index in [1.165, 1.54) is 87.7 Å². The Morgan fingerprint density at radius 2 is 0.953 bits per heavy atom. The minimum absolute atomic E-state index is 0.0974. The molecule has 0 aromatic carbocycles. The summed E-state index contributed by atoms with van der Waals surface area (Å²) in [6.45, 7) is 29.7. The van der Waals surface area contributed by atoms with Crippen molar-refractivity contribution < 1.29 is 57.5 Å². The first-order valence-corrected chi connectivity index (χ1v) is 30.6. The first kappa shape index (κ1) is 76.9. The van der Waals surface area contributed by atoms with Crippen molar-refractivity contribution in [2.45, 2.75) is 223 Å². The van der Waals surface area contributed by atoms with Gasteiger partial charge in [0.15, 0.2) is 0 Å². The van der Waals surface area contributed by atoms with Crippen LogP contribution in [0.5, 0.6) is 0 Å². The fourth-order valence-electron chi connectivity index (χ4n) is 10.6. The molecular weight excluding hydrogens is 1090 g/mol. The Morgan fingerprint density at radius 1 is 0.518 bits per heavy atom. The van der Waals surface area contributed by atoms with Gasteiger partial charge in [-0.05, 0) is 108 Å². The van der Waals surface area contributed by atoms with Crippen LogP contribution in [0.3, 0.4) is 0 Å². The maximum Gasteiger partial charge on any atom is 0.329 e. The highest BCUT2D eigenvalue weighted by atomic mass is 16.5. The van der Waals surface area contributed by atoms with E-state index in [1.807, 2.05) is 81.4 Å². The Balaban J connectivity index is 4.25. The lowest BCUT2D eigenvalue weighted by Crippen LogP contribution is -2.61. The zero-order chi connectivity index (χ0) is 65.8. The highest BCUT2D eigenvalue weighted by Crippen LogP contribution is 2.25. The molecule has 0 aromatic heterocycles. The number of esters is 1. The lowest BCUT2D eigenvalue weighted by atomic mass is 9.92. The van der Waals surface area contributed by atoms with Crippen LogP contribution in [0.15, 0.2) is 12.2 Å². The number of carbonyl (C=O) groups is 11. The number of hydrogen-bond donors (Lipinski definition) is 5. The van der Waals surface area contributed by atoms with Gasteiger partial charge in [0.2, 0.25) is 59.1 Å². The monoisotopic (exact) mass is 1200 g/mol. The number of cyclic esters (lactones) is 1. The van der Waals surface area contributed by atoms with E-state index >= 15 is 4.79 Å². The van der Waals surface area contributed by atoms with Gasteiger partial charge in [-0.2, -0.15) is 0 Å². The maximum atomic E-state index is 15.0. The predicted molar refractivity (Wildman–Crippen MR) is 329 cm³/mol. The maximum absolute atomic E-state index is 15.0. The molecule has 1 heterocycles. The Morgan fingerprint density at radius 3 is 1.40 bits per heavy atom. The van der Waals surface area contributed by atoms with Crippen molar-refractivity contribution in [3.63, 3.8) is 0 Å². The summed E-state index contributed by atoms with van der Waals surface area (Å²) in [4.78, 5) is 167. The van der Waals surface area contributed by atoms with Crippen LogP contribution >= 0.6 is 0 Å². The SMILES string of the molecule is C/C=C/CC(C)C1OC(=O)C(C(C)C)N(C)C(=O)C(CC(C)C)N(C)C(=O)C(CC(C)C)N(C)C(=O)C(C)NC(=O)C(C)NC(=O)C(CC(C)C)N(C)C(=O)C(C(C)C)NC(=O)C(CC(C)C)N(C)C(=O)CN(C)C(=O)C(CC)NC(=O)C1NC.